The first-order chi connectivity index (χ1) is 12.7. The largest absolute Gasteiger partial charge is 0.480 e. The van der Waals surface area contributed by atoms with Crippen LogP contribution >= 0.6 is 0 Å². The summed E-state index contributed by atoms with van der Waals surface area (Å²) in [4.78, 5) is 25.4. The van der Waals surface area contributed by atoms with E-state index in [1.54, 1.807) is 20.8 Å². The van der Waals surface area contributed by atoms with Crippen LogP contribution in [0.5, 0.6) is 0 Å². The lowest BCUT2D eigenvalue weighted by Crippen LogP contribution is -2.50. The average molecular weight is 367 g/mol. The van der Waals surface area contributed by atoms with Crippen LogP contribution in [0, 0.1) is 5.41 Å². The third-order valence-electron chi connectivity index (χ3n) is 5.07. The molecule has 0 heterocycles. The topological polar surface area (TPSA) is 66.8 Å². The molecule has 0 aliphatic heterocycles. The fourth-order valence-electron chi connectivity index (χ4n) is 3.92. The molecule has 27 heavy (non-hydrogen) atoms. The zero-order valence-electron chi connectivity index (χ0n) is 16.1. The van der Waals surface area contributed by atoms with Crippen LogP contribution in [0.25, 0.3) is 11.1 Å². The number of carboxylic acids is 1. The van der Waals surface area contributed by atoms with Crippen LogP contribution in [-0.4, -0.2) is 41.8 Å². The molecule has 1 atom stereocenters. The maximum Gasteiger partial charge on any atom is 0.410 e. The van der Waals surface area contributed by atoms with Gasteiger partial charge in [-0.1, -0.05) is 69.3 Å². The molecule has 1 unspecified atom stereocenters. The SMILES string of the molecule is CN(C(=O)OCC1c2ccccc2-c2ccccc21)C(C(=O)O)C(C)(C)C. The Bertz CT molecular complexity index is 823. The predicted octanol–water partition coefficient (Wildman–Crippen LogP) is 4.37. The summed E-state index contributed by atoms with van der Waals surface area (Å²) in [6.45, 7) is 5.55. The van der Waals surface area contributed by atoms with Crippen LogP contribution in [0.2, 0.25) is 0 Å². The molecule has 1 aliphatic rings. The number of fused-ring (bicyclic) bond motifs is 3. The number of benzene rings is 2. The highest BCUT2D eigenvalue weighted by Gasteiger charge is 2.38. The van der Waals surface area contributed by atoms with E-state index in [1.807, 2.05) is 36.4 Å². The summed E-state index contributed by atoms with van der Waals surface area (Å²) in [6.07, 6.45) is -0.626. The minimum absolute atomic E-state index is 0.0485. The summed E-state index contributed by atoms with van der Waals surface area (Å²) in [5.74, 6) is -1.09. The quantitative estimate of drug-likeness (QED) is 0.871. The van der Waals surface area contributed by atoms with E-state index in [0.29, 0.717) is 0 Å². The van der Waals surface area contributed by atoms with Gasteiger partial charge in [-0.15, -0.1) is 0 Å². The minimum Gasteiger partial charge on any atom is -0.480 e. The Morgan fingerprint density at radius 2 is 1.52 bits per heavy atom. The van der Waals surface area contributed by atoms with E-state index in [4.69, 9.17) is 4.74 Å². The Morgan fingerprint density at radius 1 is 1.04 bits per heavy atom. The monoisotopic (exact) mass is 367 g/mol. The summed E-state index contributed by atoms with van der Waals surface area (Å²) in [5, 5.41) is 9.52. The smallest absolute Gasteiger partial charge is 0.410 e. The van der Waals surface area contributed by atoms with Crippen LogP contribution in [0.1, 0.15) is 37.8 Å². The molecule has 2 aromatic rings. The van der Waals surface area contributed by atoms with Crippen molar-refractivity contribution in [3.8, 4) is 11.1 Å². The van der Waals surface area contributed by atoms with Gasteiger partial charge >= 0.3 is 12.1 Å². The summed E-state index contributed by atoms with van der Waals surface area (Å²) in [6, 6.07) is 15.2. The van der Waals surface area contributed by atoms with Crippen molar-refractivity contribution in [2.24, 2.45) is 5.41 Å². The first-order valence-electron chi connectivity index (χ1n) is 9.02. The lowest BCUT2D eigenvalue weighted by atomic mass is 9.86. The highest BCUT2D eigenvalue weighted by molar-refractivity contribution is 5.81. The van der Waals surface area contributed by atoms with Gasteiger partial charge in [-0.25, -0.2) is 9.59 Å². The van der Waals surface area contributed by atoms with Crippen LogP contribution < -0.4 is 0 Å². The van der Waals surface area contributed by atoms with E-state index >= 15 is 0 Å². The molecule has 3 rings (SSSR count). The number of carbonyl (C=O) groups is 2. The normalized spacial score (nSPS) is 14.2. The standard InChI is InChI=1S/C22H25NO4/c1-22(2,3)19(20(24)25)23(4)21(26)27-13-18-16-11-7-5-9-14(16)15-10-6-8-12-17(15)18/h5-12,18-19H,13H2,1-4H3,(H,24,25). The van der Waals surface area contributed by atoms with E-state index in [1.165, 1.54) is 11.9 Å². The van der Waals surface area contributed by atoms with E-state index in [9.17, 15) is 14.7 Å². The molecule has 5 heteroatoms. The number of hydrogen-bond donors (Lipinski definition) is 1. The zero-order chi connectivity index (χ0) is 19.8. The second-order valence-corrected chi connectivity index (χ2v) is 8.02. The van der Waals surface area contributed by atoms with Gasteiger partial charge in [0.1, 0.15) is 12.6 Å². The van der Waals surface area contributed by atoms with Gasteiger partial charge in [0.15, 0.2) is 0 Å². The molecule has 1 N–H and O–H groups in total. The molecule has 0 saturated heterocycles. The van der Waals surface area contributed by atoms with Gasteiger partial charge in [-0.2, -0.15) is 0 Å². The summed E-state index contributed by atoms with van der Waals surface area (Å²) in [7, 11) is 1.48. The summed E-state index contributed by atoms with van der Waals surface area (Å²) in [5.41, 5.74) is 3.95. The molecule has 5 nitrogen and oxygen atoms in total. The van der Waals surface area contributed by atoms with E-state index in [0.717, 1.165) is 22.3 Å². The predicted molar refractivity (Wildman–Crippen MR) is 104 cm³/mol. The molecule has 0 spiro atoms. The molecule has 0 fully saturated rings. The molecule has 1 aliphatic carbocycles. The molecule has 1 amide bonds. The number of likely N-dealkylation sites (N-methyl/N-ethyl adjacent to an activating group) is 1. The zero-order valence-corrected chi connectivity index (χ0v) is 16.1. The van der Waals surface area contributed by atoms with Crippen molar-refractivity contribution in [3.05, 3.63) is 59.7 Å². The van der Waals surface area contributed by atoms with Crippen LogP contribution in [0.4, 0.5) is 4.79 Å². The van der Waals surface area contributed by atoms with Crippen LogP contribution in [-0.2, 0) is 9.53 Å². The Hall–Kier alpha value is -2.82. The average Bonchev–Trinajstić information content (AvgIpc) is 2.92. The second kappa shape index (κ2) is 7.06. The number of ether oxygens (including phenoxy) is 1. The molecule has 0 aromatic heterocycles. The van der Waals surface area contributed by atoms with Crippen molar-refractivity contribution >= 4 is 12.1 Å². The van der Waals surface area contributed by atoms with E-state index in [2.05, 4.69) is 12.1 Å². The Balaban J connectivity index is 1.79. The van der Waals surface area contributed by atoms with Crippen molar-refractivity contribution in [1.82, 2.24) is 4.90 Å². The van der Waals surface area contributed by atoms with Gasteiger partial charge in [-0.05, 0) is 27.7 Å². The molecule has 0 bridgehead atoms. The molecule has 0 radical (unpaired) electrons. The van der Waals surface area contributed by atoms with Gasteiger partial charge < -0.3 is 9.84 Å². The summed E-state index contributed by atoms with van der Waals surface area (Å²) < 4.78 is 5.55. The number of hydrogen-bond acceptors (Lipinski definition) is 3. The maximum atomic E-state index is 12.6. The molecular weight excluding hydrogens is 342 g/mol. The van der Waals surface area contributed by atoms with E-state index < -0.39 is 23.5 Å². The number of carboxylic acid groups (broad SMARTS) is 1. The highest BCUT2D eigenvalue weighted by Crippen LogP contribution is 2.44. The maximum absolute atomic E-state index is 12.6. The van der Waals surface area contributed by atoms with Gasteiger partial charge in [0, 0.05) is 13.0 Å². The Kier molecular flexibility index (Phi) is 4.96. The van der Waals surface area contributed by atoms with Crippen molar-refractivity contribution in [1.29, 1.82) is 0 Å². The van der Waals surface area contributed by atoms with Gasteiger partial charge in [0.2, 0.25) is 0 Å². The molecule has 142 valence electrons. The lowest BCUT2D eigenvalue weighted by molar-refractivity contribution is -0.146. The third kappa shape index (κ3) is 3.54. The van der Waals surface area contributed by atoms with Gasteiger partial charge in [0.25, 0.3) is 0 Å². The highest BCUT2D eigenvalue weighted by atomic mass is 16.6. The Labute approximate surface area is 159 Å². The molecule has 2 aromatic carbocycles. The molecule has 0 saturated carbocycles. The van der Waals surface area contributed by atoms with Crippen molar-refractivity contribution < 1.29 is 19.4 Å². The van der Waals surface area contributed by atoms with Gasteiger partial charge in [-0.3, -0.25) is 4.90 Å². The number of nitrogens with zero attached hydrogens (tertiary/aromatic N) is 1. The minimum atomic E-state index is -1.04. The number of rotatable bonds is 4. The number of aliphatic carboxylic acids is 1. The van der Waals surface area contributed by atoms with Crippen LogP contribution in [0.15, 0.2) is 48.5 Å². The Morgan fingerprint density at radius 3 is 1.96 bits per heavy atom. The van der Waals surface area contributed by atoms with E-state index in [-0.39, 0.29) is 12.5 Å². The number of amides is 1. The fraction of sp³-hybridized carbons (Fsp3) is 0.364. The first-order valence-corrected chi connectivity index (χ1v) is 9.02. The van der Waals surface area contributed by atoms with Crippen molar-refractivity contribution in [3.63, 3.8) is 0 Å². The molecular formula is C22H25NO4. The fourth-order valence-corrected chi connectivity index (χ4v) is 3.92. The summed E-state index contributed by atoms with van der Waals surface area (Å²) >= 11 is 0. The second-order valence-electron chi connectivity index (χ2n) is 8.02. The van der Waals surface area contributed by atoms with Crippen molar-refractivity contribution in [2.75, 3.05) is 13.7 Å². The van der Waals surface area contributed by atoms with Gasteiger partial charge in [0.05, 0.1) is 0 Å². The van der Waals surface area contributed by atoms with Crippen LogP contribution in [0.3, 0.4) is 0 Å². The first kappa shape index (κ1) is 19.0. The van der Waals surface area contributed by atoms with Crippen molar-refractivity contribution in [2.45, 2.75) is 32.7 Å². The number of carbonyl (C=O) groups excluding carboxylic acids is 1. The lowest BCUT2D eigenvalue weighted by Gasteiger charge is -2.34. The third-order valence-corrected chi connectivity index (χ3v) is 5.07.